The molecule has 0 aromatic heterocycles. The first-order valence-electron chi connectivity index (χ1n) is 7.24. The molecule has 0 saturated heterocycles. The third-order valence-corrected chi connectivity index (χ3v) is 4.69. The van der Waals surface area contributed by atoms with E-state index < -0.39 is 11.6 Å². The second-order valence-electron chi connectivity index (χ2n) is 6.05. The number of aliphatic hydroxyl groups is 1. The van der Waals surface area contributed by atoms with Gasteiger partial charge < -0.3 is 5.11 Å². The van der Waals surface area contributed by atoms with Gasteiger partial charge in [-0.3, -0.25) is 9.59 Å². The number of aliphatic hydroxyl groups excluding tert-OH is 1. The molecule has 0 aromatic rings. The largest absolute Gasteiger partial charge is 0.507 e. The predicted octanol–water partition coefficient (Wildman–Crippen LogP) is 3.53. The molecule has 0 radical (unpaired) electrons. The van der Waals surface area contributed by atoms with Crippen LogP contribution >= 0.6 is 0 Å². The molecule has 20 heavy (non-hydrogen) atoms. The Bertz CT molecular complexity index is 536. The summed E-state index contributed by atoms with van der Waals surface area (Å²) in [6.45, 7) is 9.37. The summed E-state index contributed by atoms with van der Waals surface area (Å²) in [5.41, 5.74) is 1.46. The second-order valence-corrected chi connectivity index (χ2v) is 6.05. The molecule has 1 unspecified atom stereocenters. The lowest BCUT2D eigenvalue weighted by Gasteiger charge is -2.36. The second kappa shape index (κ2) is 5.39. The third-order valence-electron chi connectivity index (χ3n) is 4.69. The Kier molecular flexibility index (Phi) is 3.98. The molecule has 2 aliphatic carbocycles. The van der Waals surface area contributed by atoms with Crippen molar-refractivity contribution >= 4 is 11.6 Å². The first-order valence-corrected chi connectivity index (χ1v) is 7.24. The molecule has 2 aliphatic rings. The summed E-state index contributed by atoms with van der Waals surface area (Å²) in [5.74, 6) is -0.448. The average Bonchev–Trinajstić information content (AvgIpc) is 2.42. The van der Waals surface area contributed by atoms with Crippen molar-refractivity contribution < 1.29 is 14.7 Å². The summed E-state index contributed by atoms with van der Waals surface area (Å²) in [6.07, 6.45) is 4.53. The van der Waals surface area contributed by atoms with Crippen molar-refractivity contribution in [3.05, 3.63) is 35.1 Å². The highest BCUT2D eigenvalue weighted by Gasteiger charge is 2.41. The maximum absolute atomic E-state index is 12.3. The van der Waals surface area contributed by atoms with Crippen LogP contribution in [0, 0.1) is 17.8 Å². The predicted molar refractivity (Wildman–Crippen MR) is 78.2 cm³/mol. The van der Waals surface area contributed by atoms with Crippen LogP contribution in [0.25, 0.3) is 0 Å². The normalized spacial score (nSPS) is 28.6. The maximum Gasteiger partial charge on any atom is 0.232 e. The van der Waals surface area contributed by atoms with Crippen molar-refractivity contribution in [2.24, 2.45) is 17.8 Å². The van der Waals surface area contributed by atoms with Crippen molar-refractivity contribution in [3.63, 3.8) is 0 Å². The Hall–Kier alpha value is -1.64. The quantitative estimate of drug-likeness (QED) is 0.486. The SMILES string of the molecule is C=CCC(C)[C@H]1CC[C@H](C)C2=C1C(O)=C(C)C(=O)C2=O. The first kappa shape index (κ1) is 14.8. The van der Waals surface area contributed by atoms with E-state index in [-0.39, 0.29) is 23.2 Å². The van der Waals surface area contributed by atoms with E-state index in [2.05, 4.69) is 13.5 Å². The highest BCUT2D eigenvalue weighted by atomic mass is 16.3. The molecule has 0 fully saturated rings. The van der Waals surface area contributed by atoms with Gasteiger partial charge in [-0.15, -0.1) is 6.58 Å². The number of carbonyl (C=O) groups excluding carboxylic acids is 2. The summed E-state index contributed by atoms with van der Waals surface area (Å²) < 4.78 is 0. The van der Waals surface area contributed by atoms with Crippen molar-refractivity contribution in [3.8, 4) is 0 Å². The van der Waals surface area contributed by atoms with E-state index in [1.54, 1.807) is 0 Å². The lowest BCUT2D eigenvalue weighted by atomic mass is 9.67. The molecule has 2 rings (SSSR count). The van der Waals surface area contributed by atoms with E-state index in [4.69, 9.17) is 0 Å². The van der Waals surface area contributed by atoms with Crippen LogP contribution in [-0.2, 0) is 9.59 Å². The fourth-order valence-corrected chi connectivity index (χ4v) is 3.43. The van der Waals surface area contributed by atoms with Crippen LogP contribution in [0.2, 0.25) is 0 Å². The molecule has 3 atom stereocenters. The molecule has 0 spiro atoms. The molecular formula is C17H22O3. The van der Waals surface area contributed by atoms with Crippen LogP contribution in [0.15, 0.2) is 35.1 Å². The van der Waals surface area contributed by atoms with Gasteiger partial charge in [0.2, 0.25) is 11.6 Å². The van der Waals surface area contributed by atoms with Gasteiger partial charge >= 0.3 is 0 Å². The molecular weight excluding hydrogens is 252 g/mol. The van der Waals surface area contributed by atoms with Crippen molar-refractivity contribution in [2.75, 3.05) is 0 Å². The molecule has 0 bridgehead atoms. The lowest BCUT2D eigenvalue weighted by Crippen LogP contribution is -2.35. The van der Waals surface area contributed by atoms with Crippen molar-refractivity contribution in [1.82, 2.24) is 0 Å². The van der Waals surface area contributed by atoms with E-state index >= 15 is 0 Å². The monoisotopic (exact) mass is 274 g/mol. The summed E-state index contributed by atoms with van der Waals surface area (Å²) in [6, 6.07) is 0. The van der Waals surface area contributed by atoms with Gasteiger partial charge in [-0.1, -0.05) is 19.9 Å². The average molecular weight is 274 g/mol. The molecule has 0 saturated carbocycles. The minimum atomic E-state index is -0.551. The molecule has 3 heteroatoms. The van der Waals surface area contributed by atoms with Gasteiger partial charge in [0, 0.05) is 16.7 Å². The minimum Gasteiger partial charge on any atom is -0.507 e. The highest BCUT2D eigenvalue weighted by molar-refractivity contribution is 6.50. The van der Waals surface area contributed by atoms with Crippen molar-refractivity contribution in [1.29, 1.82) is 0 Å². The summed E-state index contributed by atoms with van der Waals surface area (Å²) >= 11 is 0. The number of Topliss-reactive ketones (excluding diaryl/α,β-unsaturated/α-hetero) is 2. The van der Waals surface area contributed by atoms with Crippen LogP contribution in [0.4, 0.5) is 0 Å². The Labute approximate surface area is 120 Å². The number of hydrogen-bond donors (Lipinski definition) is 1. The van der Waals surface area contributed by atoms with Gasteiger partial charge in [0.05, 0.1) is 0 Å². The summed E-state index contributed by atoms with van der Waals surface area (Å²) in [7, 11) is 0. The van der Waals surface area contributed by atoms with Crippen LogP contribution in [0.1, 0.15) is 40.0 Å². The molecule has 3 nitrogen and oxygen atoms in total. The molecule has 108 valence electrons. The van der Waals surface area contributed by atoms with Crippen LogP contribution in [0.3, 0.4) is 0 Å². The van der Waals surface area contributed by atoms with E-state index in [1.165, 1.54) is 6.92 Å². The Morgan fingerprint density at radius 2 is 1.95 bits per heavy atom. The standard InChI is InChI=1S/C17H22O3/c1-5-6-9(2)12-8-7-10(3)13-14(12)15(18)11(4)16(19)17(13)20/h5,9-10,12,18H,1,6-8H2,2-4H3/t9?,10-,12+/m0/s1. The van der Waals surface area contributed by atoms with Crippen LogP contribution < -0.4 is 0 Å². The Morgan fingerprint density at radius 3 is 2.55 bits per heavy atom. The van der Waals surface area contributed by atoms with E-state index in [0.717, 1.165) is 24.8 Å². The fraction of sp³-hybridized carbons (Fsp3) is 0.529. The number of ketones is 2. The molecule has 0 aliphatic heterocycles. The van der Waals surface area contributed by atoms with E-state index in [0.29, 0.717) is 11.5 Å². The zero-order valence-corrected chi connectivity index (χ0v) is 12.4. The van der Waals surface area contributed by atoms with Gasteiger partial charge in [-0.2, -0.15) is 0 Å². The van der Waals surface area contributed by atoms with Crippen molar-refractivity contribution in [2.45, 2.75) is 40.0 Å². The first-order chi connectivity index (χ1) is 9.40. The zero-order chi connectivity index (χ0) is 15.0. The lowest BCUT2D eigenvalue weighted by molar-refractivity contribution is -0.133. The van der Waals surface area contributed by atoms with Crippen LogP contribution in [0.5, 0.6) is 0 Å². The number of hydrogen-bond acceptors (Lipinski definition) is 3. The fourth-order valence-electron chi connectivity index (χ4n) is 3.43. The van der Waals surface area contributed by atoms with E-state index in [9.17, 15) is 14.7 Å². The molecule has 0 heterocycles. The number of carbonyl (C=O) groups is 2. The number of allylic oxidation sites excluding steroid dienone is 4. The van der Waals surface area contributed by atoms with Crippen LogP contribution in [-0.4, -0.2) is 16.7 Å². The maximum atomic E-state index is 12.3. The Morgan fingerprint density at radius 1 is 1.30 bits per heavy atom. The molecule has 1 N–H and O–H groups in total. The van der Waals surface area contributed by atoms with Gasteiger partial charge in [-0.25, -0.2) is 0 Å². The highest BCUT2D eigenvalue weighted by Crippen LogP contribution is 2.45. The van der Waals surface area contributed by atoms with E-state index in [1.807, 2.05) is 13.0 Å². The third kappa shape index (κ3) is 2.15. The Balaban J connectivity index is 2.56. The number of rotatable bonds is 3. The summed E-state index contributed by atoms with van der Waals surface area (Å²) in [4.78, 5) is 24.2. The smallest absolute Gasteiger partial charge is 0.232 e. The zero-order valence-electron chi connectivity index (χ0n) is 12.4. The topological polar surface area (TPSA) is 54.4 Å². The molecule has 0 aromatic carbocycles. The van der Waals surface area contributed by atoms with Gasteiger partial charge in [0.25, 0.3) is 0 Å². The molecule has 0 amide bonds. The van der Waals surface area contributed by atoms with Gasteiger partial charge in [0.15, 0.2) is 0 Å². The van der Waals surface area contributed by atoms with Gasteiger partial charge in [-0.05, 0) is 43.9 Å². The summed E-state index contributed by atoms with van der Waals surface area (Å²) in [5, 5.41) is 10.4. The minimum absolute atomic E-state index is 0.0389. The van der Waals surface area contributed by atoms with Gasteiger partial charge in [0.1, 0.15) is 5.76 Å².